The van der Waals surface area contributed by atoms with Gasteiger partial charge in [-0.3, -0.25) is 9.69 Å². The highest BCUT2D eigenvalue weighted by atomic mass is 19.1. The fourth-order valence-electron chi connectivity index (χ4n) is 2.36. The topological polar surface area (TPSA) is 65.4 Å². The van der Waals surface area contributed by atoms with E-state index in [-0.39, 0.29) is 24.9 Å². The fraction of sp³-hybridized carbons (Fsp3) is 0.176. The van der Waals surface area contributed by atoms with Gasteiger partial charge in [-0.15, -0.1) is 0 Å². The normalized spacial score (nSPS) is 13.0. The number of ether oxygens (including phenoxy) is 1. The molecular weight excluding hydrogens is 297 g/mol. The van der Waals surface area contributed by atoms with E-state index in [9.17, 15) is 9.18 Å². The summed E-state index contributed by atoms with van der Waals surface area (Å²) in [5, 5.41) is 12.0. The SMILES string of the molecule is N#CCN1C(=O)COc2cc(NCc3ccc(F)cc3)ccc21. The number of amides is 1. The summed E-state index contributed by atoms with van der Waals surface area (Å²) in [6, 6.07) is 13.6. The first-order valence-electron chi connectivity index (χ1n) is 7.10. The molecule has 0 radical (unpaired) electrons. The zero-order valence-corrected chi connectivity index (χ0v) is 12.3. The van der Waals surface area contributed by atoms with Gasteiger partial charge < -0.3 is 10.1 Å². The lowest BCUT2D eigenvalue weighted by Crippen LogP contribution is -2.38. The van der Waals surface area contributed by atoms with E-state index >= 15 is 0 Å². The van der Waals surface area contributed by atoms with Crippen LogP contribution < -0.4 is 15.0 Å². The Hall–Kier alpha value is -3.07. The molecule has 6 heteroatoms. The first-order valence-corrected chi connectivity index (χ1v) is 7.10. The van der Waals surface area contributed by atoms with Crippen LogP contribution in [0.5, 0.6) is 5.75 Å². The number of halogens is 1. The fourth-order valence-corrected chi connectivity index (χ4v) is 2.36. The van der Waals surface area contributed by atoms with Gasteiger partial charge in [0.1, 0.15) is 18.1 Å². The maximum atomic E-state index is 12.9. The van der Waals surface area contributed by atoms with Crippen molar-refractivity contribution >= 4 is 17.3 Å². The number of anilines is 2. The number of carbonyl (C=O) groups is 1. The lowest BCUT2D eigenvalue weighted by Gasteiger charge is -2.27. The predicted molar refractivity (Wildman–Crippen MR) is 83.6 cm³/mol. The van der Waals surface area contributed by atoms with Crippen LogP contribution in [-0.2, 0) is 11.3 Å². The number of hydrogen-bond acceptors (Lipinski definition) is 4. The van der Waals surface area contributed by atoms with Gasteiger partial charge in [-0.25, -0.2) is 4.39 Å². The highest BCUT2D eigenvalue weighted by Gasteiger charge is 2.25. The number of carbonyl (C=O) groups excluding carboxylic acids is 1. The van der Waals surface area contributed by atoms with E-state index in [2.05, 4.69) is 5.32 Å². The summed E-state index contributed by atoms with van der Waals surface area (Å²) in [7, 11) is 0. The highest BCUT2D eigenvalue weighted by molar-refractivity contribution is 5.98. The van der Waals surface area contributed by atoms with Crippen LogP contribution in [0, 0.1) is 17.1 Å². The van der Waals surface area contributed by atoms with Crippen molar-refractivity contribution in [3.8, 4) is 11.8 Å². The second-order valence-corrected chi connectivity index (χ2v) is 5.09. The molecule has 0 spiro atoms. The van der Waals surface area contributed by atoms with Crippen molar-refractivity contribution < 1.29 is 13.9 Å². The molecule has 1 heterocycles. The number of nitrogens with one attached hydrogen (secondary N) is 1. The summed E-state index contributed by atoms with van der Waals surface area (Å²) < 4.78 is 18.3. The van der Waals surface area contributed by atoms with Crippen LogP contribution >= 0.6 is 0 Å². The third-order valence-electron chi connectivity index (χ3n) is 3.54. The van der Waals surface area contributed by atoms with Crippen molar-refractivity contribution in [2.75, 3.05) is 23.4 Å². The van der Waals surface area contributed by atoms with Crippen molar-refractivity contribution in [2.24, 2.45) is 0 Å². The first kappa shape index (κ1) is 14.9. The molecule has 0 aliphatic carbocycles. The summed E-state index contributed by atoms with van der Waals surface area (Å²) in [6.07, 6.45) is 0. The molecule has 0 saturated heterocycles. The van der Waals surface area contributed by atoms with Crippen molar-refractivity contribution in [1.29, 1.82) is 5.26 Å². The Morgan fingerprint density at radius 3 is 2.78 bits per heavy atom. The average Bonchev–Trinajstić information content (AvgIpc) is 2.57. The Bertz CT molecular complexity index is 768. The summed E-state index contributed by atoms with van der Waals surface area (Å²) in [6.45, 7) is 0.466. The number of benzene rings is 2. The van der Waals surface area contributed by atoms with Crippen LogP contribution in [0.1, 0.15) is 5.56 Å². The molecule has 116 valence electrons. The van der Waals surface area contributed by atoms with Crippen molar-refractivity contribution in [2.45, 2.75) is 6.54 Å². The van der Waals surface area contributed by atoms with Crippen LogP contribution in [0.2, 0.25) is 0 Å². The van der Waals surface area contributed by atoms with Crippen molar-refractivity contribution in [3.63, 3.8) is 0 Å². The maximum Gasteiger partial charge on any atom is 0.265 e. The molecule has 3 rings (SSSR count). The Balaban J connectivity index is 1.74. The second-order valence-electron chi connectivity index (χ2n) is 5.09. The number of nitrogens with zero attached hydrogens (tertiary/aromatic N) is 2. The zero-order valence-electron chi connectivity index (χ0n) is 12.3. The predicted octanol–water partition coefficient (Wildman–Crippen LogP) is 2.69. The van der Waals surface area contributed by atoms with E-state index in [0.717, 1.165) is 11.3 Å². The van der Waals surface area contributed by atoms with Gasteiger partial charge in [-0.2, -0.15) is 5.26 Å². The molecule has 0 bridgehead atoms. The van der Waals surface area contributed by atoms with Crippen molar-refractivity contribution in [1.82, 2.24) is 0 Å². The average molecular weight is 311 g/mol. The molecule has 0 saturated carbocycles. The number of rotatable bonds is 4. The Labute approximate surface area is 132 Å². The van der Waals surface area contributed by atoms with Gasteiger partial charge in [-0.1, -0.05) is 12.1 Å². The molecule has 1 N–H and O–H groups in total. The van der Waals surface area contributed by atoms with Gasteiger partial charge in [0.2, 0.25) is 0 Å². The number of fused-ring (bicyclic) bond motifs is 1. The monoisotopic (exact) mass is 311 g/mol. The Morgan fingerprint density at radius 1 is 1.26 bits per heavy atom. The van der Waals surface area contributed by atoms with Gasteiger partial charge in [0.25, 0.3) is 5.91 Å². The van der Waals surface area contributed by atoms with Crippen LogP contribution in [0.4, 0.5) is 15.8 Å². The van der Waals surface area contributed by atoms with Crippen LogP contribution in [0.15, 0.2) is 42.5 Å². The van der Waals surface area contributed by atoms with E-state index < -0.39 is 0 Å². The van der Waals surface area contributed by atoms with Gasteiger partial charge >= 0.3 is 0 Å². The third kappa shape index (κ3) is 3.24. The molecule has 1 amide bonds. The van der Waals surface area contributed by atoms with E-state index in [0.29, 0.717) is 18.0 Å². The number of nitriles is 1. The molecule has 5 nitrogen and oxygen atoms in total. The Kier molecular flexibility index (Phi) is 4.11. The molecule has 0 unspecified atom stereocenters. The molecule has 23 heavy (non-hydrogen) atoms. The molecular formula is C17H14FN3O2. The quantitative estimate of drug-likeness (QED) is 0.882. The van der Waals surface area contributed by atoms with Crippen LogP contribution in [0.3, 0.4) is 0 Å². The molecule has 0 fully saturated rings. The van der Waals surface area contributed by atoms with Gasteiger partial charge in [0, 0.05) is 18.3 Å². The standard InChI is InChI=1S/C17H14FN3O2/c18-13-3-1-12(2-4-13)10-20-14-5-6-15-16(9-14)23-11-17(22)21(15)8-7-19/h1-6,9,20H,8,10-11H2. The lowest BCUT2D eigenvalue weighted by atomic mass is 10.2. The molecule has 0 atom stereocenters. The molecule has 1 aliphatic heterocycles. The van der Waals surface area contributed by atoms with Crippen molar-refractivity contribution in [3.05, 3.63) is 53.8 Å². The molecule has 2 aromatic rings. The first-order chi connectivity index (χ1) is 11.2. The summed E-state index contributed by atoms with van der Waals surface area (Å²) in [4.78, 5) is 13.2. The summed E-state index contributed by atoms with van der Waals surface area (Å²) in [5.41, 5.74) is 2.36. The minimum absolute atomic E-state index is 0.00243. The van der Waals surface area contributed by atoms with E-state index in [1.165, 1.54) is 17.0 Å². The van der Waals surface area contributed by atoms with Gasteiger partial charge in [0.15, 0.2) is 6.61 Å². The van der Waals surface area contributed by atoms with E-state index in [1.807, 2.05) is 12.1 Å². The van der Waals surface area contributed by atoms with Crippen LogP contribution in [-0.4, -0.2) is 19.1 Å². The zero-order chi connectivity index (χ0) is 16.2. The number of hydrogen-bond donors (Lipinski definition) is 1. The van der Waals surface area contributed by atoms with E-state index in [4.69, 9.17) is 10.00 Å². The van der Waals surface area contributed by atoms with Crippen LogP contribution in [0.25, 0.3) is 0 Å². The maximum absolute atomic E-state index is 12.9. The second kappa shape index (κ2) is 6.36. The molecule has 0 aromatic heterocycles. The Morgan fingerprint density at radius 2 is 2.04 bits per heavy atom. The minimum atomic E-state index is -0.266. The smallest absolute Gasteiger partial charge is 0.265 e. The van der Waals surface area contributed by atoms with Gasteiger partial charge in [0.05, 0.1) is 11.8 Å². The lowest BCUT2D eigenvalue weighted by molar-refractivity contribution is -0.121. The van der Waals surface area contributed by atoms with Gasteiger partial charge in [-0.05, 0) is 29.8 Å². The molecule has 2 aromatic carbocycles. The minimum Gasteiger partial charge on any atom is -0.481 e. The molecule has 1 aliphatic rings. The largest absolute Gasteiger partial charge is 0.481 e. The highest BCUT2D eigenvalue weighted by Crippen LogP contribution is 2.34. The third-order valence-corrected chi connectivity index (χ3v) is 3.54. The summed E-state index contributed by atoms with van der Waals surface area (Å²) >= 11 is 0. The summed E-state index contributed by atoms with van der Waals surface area (Å²) in [5.74, 6) is 0.0632. The van der Waals surface area contributed by atoms with E-state index in [1.54, 1.807) is 24.3 Å².